The first-order chi connectivity index (χ1) is 20.5. The van der Waals surface area contributed by atoms with Crippen LogP contribution in [0.15, 0.2) is 84.9 Å². The first-order valence-corrected chi connectivity index (χ1v) is 16.1. The van der Waals surface area contributed by atoms with Crippen molar-refractivity contribution in [1.82, 2.24) is 14.7 Å². The molecular formula is C36H46ClN3O2. The molecule has 0 radical (unpaired) electrons. The maximum absolute atomic E-state index is 13.1. The fraction of sp³-hybridized carbons (Fsp3) is 0.472. The molecule has 0 aromatic heterocycles. The van der Waals surface area contributed by atoms with E-state index in [4.69, 9.17) is 16.3 Å². The van der Waals surface area contributed by atoms with Crippen molar-refractivity contribution >= 4 is 17.7 Å². The van der Waals surface area contributed by atoms with Gasteiger partial charge in [0, 0.05) is 49.8 Å². The summed E-state index contributed by atoms with van der Waals surface area (Å²) in [4.78, 5) is 20.2. The number of carbonyl (C=O) groups excluding carboxylic acids is 1. The number of piperidine rings is 1. The van der Waals surface area contributed by atoms with Gasteiger partial charge in [0.15, 0.2) is 0 Å². The predicted molar refractivity (Wildman–Crippen MR) is 172 cm³/mol. The molecule has 42 heavy (non-hydrogen) atoms. The van der Waals surface area contributed by atoms with Crippen molar-refractivity contribution in [3.63, 3.8) is 0 Å². The van der Waals surface area contributed by atoms with Crippen LogP contribution < -0.4 is 0 Å². The fourth-order valence-corrected chi connectivity index (χ4v) is 7.20. The van der Waals surface area contributed by atoms with Crippen molar-refractivity contribution < 1.29 is 9.53 Å². The Morgan fingerprint density at radius 3 is 2.26 bits per heavy atom. The van der Waals surface area contributed by atoms with Gasteiger partial charge in [-0.1, -0.05) is 97.4 Å². The molecule has 5 rings (SSSR count). The third kappa shape index (κ3) is 7.94. The minimum absolute atomic E-state index is 0.177. The van der Waals surface area contributed by atoms with Gasteiger partial charge in [0.05, 0.1) is 0 Å². The summed E-state index contributed by atoms with van der Waals surface area (Å²) in [5, 5.41) is 0.849. The van der Waals surface area contributed by atoms with Crippen LogP contribution in [0.3, 0.4) is 0 Å². The van der Waals surface area contributed by atoms with E-state index < -0.39 is 0 Å². The molecule has 3 aromatic carbocycles. The molecule has 5 nitrogen and oxygen atoms in total. The van der Waals surface area contributed by atoms with Crippen LogP contribution in [0.1, 0.15) is 61.6 Å². The molecule has 2 aliphatic rings. The zero-order chi connectivity index (χ0) is 29.3. The zero-order valence-corrected chi connectivity index (χ0v) is 26.0. The van der Waals surface area contributed by atoms with Crippen molar-refractivity contribution in [2.24, 2.45) is 5.92 Å². The molecule has 6 heteroatoms. The number of benzene rings is 3. The van der Waals surface area contributed by atoms with Crippen LogP contribution in [0.4, 0.5) is 4.79 Å². The lowest BCUT2D eigenvalue weighted by molar-refractivity contribution is 0.0576. The Bertz CT molecular complexity index is 1250. The quantitative estimate of drug-likeness (QED) is 0.229. The van der Waals surface area contributed by atoms with Gasteiger partial charge in [0.25, 0.3) is 0 Å². The Hall–Kier alpha value is -2.86. The summed E-state index contributed by atoms with van der Waals surface area (Å²) in [6, 6.07) is 30.0. The Morgan fingerprint density at radius 2 is 1.57 bits per heavy atom. The van der Waals surface area contributed by atoms with E-state index in [-0.39, 0.29) is 12.1 Å². The summed E-state index contributed by atoms with van der Waals surface area (Å²) in [7, 11) is 2.25. The molecule has 224 valence electrons. The second-order valence-corrected chi connectivity index (χ2v) is 12.6. The van der Waals surface area contributed by atoms with Crippen LogP contribution in [0.25, 0.3) is 0 Å². The van der Waals surface area contributed by atoms with Crippen molar-refractivity contribution in [1.29, 1.82) is 0 Å². The van der Waals surface area contributed by atoms with E-state index in [9.17, 15) is 4.79 Å². The molecule has 0 spiro atoms. The molecule has 3 unspecified atom stereocenters. The van der Waals surface area contributed by atoms with Crippen molar-refractivity contribution in [2.45, 2.75) is 70.2 Å². The van der Waals surface area contributed by atoms with Gasteiger partial charge in [-0.2, -0.15) is 0 Å². The maximum Gasteiger partial charge on any atom is 0.410 e. The van der Waals surface area contributed by atoms with Crippen LogP contribution >= 0.6 is 11.6 Å². The molecule has 1 saturated heterocycles. The van der Waals surface area contributed by atoms with Crippen LogP contribution in [0.2, 0.25) is 5.02 Å². The minimum Gasteiger partial charge on any atom is -0.445 e. The van der Waals surface area contributed by atoms with Crippen LogP contribution in [0, 0.1) is 5.92 Å². The number of hydrogen-bond acceptors (Lipinski definition) is 4. The lowest BCUT2D eigenvalue weighted by Gasteiger charge is -2.39. The average molecular weight is 588 g/mol. The molecule has 2 fully saturated rings. The van der Waals surface area contributed by atoms with Crippen molar-refractivity contribution in [2.75, 3.05) is 33.2 Å². The van der Waals surface area contributed by atoms with E-state index in [1.165, 1.54) is 24.0 Å². The Balaban J connectivity index is 1.18. The summed E-state index contributed by atoms with van der Waals surface area (Å²) in [6.45, 7) is 7.23. The monoisotopic (exact) mass is 587 g/mol. The lowest BCUT2D eigenvalue weighted by Crippen LogP contribution is -2.48. The second kappa shape index (κ2) is 15.0. The normalized spacial score (nSPS) is 21.5. The Labute approximate surface area is 257 Å². The molecule has 3 atom stereocenters. The average Bonchev–Trinajstić information content (AvgIpc) is 3.45. The molecule has 0 N–H and O–H groups in total. The van der Waals surface area contributed by atoms with E-state index >= 15 is 0 Å². The molecule has 1 aliphatic heterocycles. The topological polar surface area (TPSA) is 36.0 Å². The summed E-state index contributed by atoms with van der Waals surface area (Å²) in [6.07, 6.45) is 5.11. The van der Waals surface area contributed by atoms with Gasteiger partial charge in [-0.3, -0.25) is 4.90 Å². The number of carbonyl (C=O) groups is 1. The highest BCUT2D eigenvalue weighted by molar-refractivity contribution is 6.31. The number of likely N-dealkylation sites (tertiary alicyclic amines) is 1. The smallest absolute Gasteiger partial charge is 0.410 e. The van der Waals surface area contributed by atoms with Crippen LogP contribution in [-0.4, -0.2) is 66.1 Å². The van der Waals surface area contributed by atoms with E-state index in [2.05, 4.69) is 66.2 Å². The van der Waals surface area contributed by atoms with Gasteiger partial charge in [-0.15, -0.1) is 0 Å². The summed E-state index contributed by atoms with van der Waals surface area (Å²) < 4.78 is 5.74. The highest BCUT2D eigenvalue weighted by Gasteiger charge is 2.39. The van der Waals surface area contributed by atoms with E-state index in [0.717, 1.165) is 62.6 Å². The highest BCUT2D eigenvalue weighted by atomic mass is 35.5. The Morgan fingerprint density at radius 1 is 0.905 bits per heavy atom. The number of amides is 1. The SMILES string of the molecule is CCCN(C(=O)OCc1ccccc1)C1CCN(CC2CC(N(C)Cc3ccccc3Cl)CC2c2ccccc2)CC1. The van der Waals surface area contributed by atoms with Gasteiger partial charge < -0.3 is 14.5 Å². The predicted octanol–water partition coefficient (Wildman–Crippen LogP) is 7.85. The molecular weight excluding hydrogens is 542 g/mol. The highest BCUT2D eigenvalue weighted by Crippen LogP contribution is 2.43. The largest absolute Gasteiger partial charge is 0.445 e. The fourth-order valence-electron chi connectivity index (χ4n) is 7.00. The first kappa shape index (κ1) is 30.6. The minimum atomic E-state index is -0.177. The summed E-state index contributed by atoms with van der Waals surface area (Å²) in [5.74, 6) is 1.15. The standard InChI is InChI=1S/C36H46ClN3O2/c1-3-20-40(36(41)42-27-28-12-6-4-7-13-28)32-18-21-39(22-19-32)26-31-23-33(24-34(31)29-14-8-5-9-15-29)38(2)25-30-16-10-11-17-35(30)37/h4-17,31-34H,3,18-27H2,1-2H3. The second-order valence-electron chi connectivity index (χ2n) is 12.2. The van der Waals surface area contributed by atoms with Crippen molar-refractivity contribution in [3.05, 3.63) is 107 Å². The van der Waals surface area contributed by atoms with Crippen LogP contribution in [-0.2, 0) is 17.9 Å². The van der Waals surface area contributed by atoms with E-state index in [1.807, 2.05) is 47.4 Å². The summed E-state index contributed by atoms with van der Waals surface area (Å²) >= 11 is 6.51. The number of hydrogen-bond donors (Lipinski definition) is 0. The summed E-state index contributed by atoms with van der Waals surface area (Å²) in [5.41, 5.74) is 3.68. The third-order valence-electron chi connectivity index (χ3n) is 9.29. The Kier molecular flexibility index (Phi) is 11.0. The first-order valence-electron chi connectivity index (χ1n) is 15.7. The number of ether oxygens (including phenoxy) is 1. The third-order valence-corrected chi connectivity index (χ3v) is 9.66. The molecule has 1 heterocycles. The van der Waals surface area contributed by atoms with Gasteiger partial charge in [0.1, 0.15) is 6.61 Å². The zero-order valence-electron chi connectivity index (χ0n) is 25.2. The molecule has 1 saturated carbocycles. The number of rotatable bonds is 11. The van der Waals surface area contributed by atoms with Gasteiger partial charge >= 0.3 is 6.09 Å². The molecule has 1 aliphatic carbocycles. The van der Waals surface area contributed by atoms with E-state index in [0.29, 0.717) is 24.5 Å². The van der Waals surface area contributed by atoms with Gasteiger partial charge in [-0.05, 0) is 73.7 Å². The molecule has 0 bridgehead atoms. The molecule has 1 amide bonds. The van der Waals surface area contributed by atoms with Crippen LogP contribution in [0.5, 0.6) is 0 Å². The maximum atomic E-state index is 13.1. The molecule has 3 aromatic rings. The van der Waals surface area contributed by atoms with Gasteiger partial charge in [0.2, 0.25) is 0 Å². The van der Waals surface area contributed by atoms with Crippen molar-refractivity contribution in [3.8, 4) is 0 Å². The van der Waals surface area contributed by atoms with E-state index in [1.54, 1.807) is 0 Å². The lowest BCUT2D eigenvalue weighted by atomic mass is 9.88. The van der Waals surface area contributed by atoms with Gasteiger partial charge in [-0.25, -0.2) is 4.79 Å². The number of nitrogens with zero attached hydrogens (tertiary/aromatic N) is 3. The number of halogens is 1.